The first-order chi connectivity index (χ1) is 10.2. The van der Waals surface area contributed by atoms with E-state index in [1.54, 1.807) is 6.07 Å². The molecule has 3 nitrogen and oxygen atoms in total. The number of hydrogen-bond acceptors (Lipinski definition) is 2. The van der Waals surface area contributed by atoms with E-state index in [4.69, 9.17) is 0 Å². The summed E-state index contributed by atoms with van der Waals surface area (Å²) in [6, 6.07) is 4.35. The molecule has 1 fully saturated rings. The van der Waals surface area contributed by atoms with Crippen molar-refractivity contribution in [1.29, 1.82) is 0 Å². The second-order valence-electron chi connectivity index (χ2n) is 5.18. The molecule has 0 atom stereocenters. The summed E-state index contributed by atoms with van der Waals surface area (Å²) in [5.41, 5.74) is 0.275. The largest absolute Gasteiger partial charge is 0.401 e. The number of amides is 1. The van der Waals surface area contributed by atoms with Gasteiger partial charge in [-0.2, -0.15) is 13.2 Å². The summed E-state index contributed by atoms with van der Waals surface area (Å²) in [7, 11) is 0. The molecule has 1 saturated heterocycles. The van der Waals surface area contributed by atoms with E-state index in [9.17, 15) is 22.4 Å². The van der Waals surface area contributed by atoms with Gasteiger partial charge in [-0.1, -0.05) is 15.9 Å². The van der Waals surface area contributed by atoms with Gasteiger partial charge in [0.1, 0.15) is 5.82 Å². The summed E-state index contributed by atoms with van der Waals surface area (Å²) >= 11 is 3.21. The van der Waals surface area contributed by atoms with Gasteiger partial charge in [0.05, 0.1) is 13.0 Å². The van der Waals surface area contributed by atoms with Gasteiger partial charge >= 0.3 is 6.18 Å². The van der Waals surface area contributed by atoms with Crippen LogP contribution in [0.5, 0.6) is 0 Å². The van der Waals surface area contributed by atoms with Crippen molar-refractivity contribution < 1.29 is 22.4 Å². The highest BCUT2D eigenvalue weighted by Gasteiger charge is 2.32. The van der Waals surface area contributed by atoms with Crippen LogP contribution in [-0.4, -0.2) is 54.6 Å². The molecule has 1 aliphatic heterocycles. The van der Waals surface area contributed by atoms with Crippen LogP contribution in [0.25, 0.3) is 0 Å². The van der Waals surface area contributed by atoms with Crippen molar-refractivity contribution in [2.75, 3.05) is 32.7 Å². The zero-order valence-electron chi connectivity index (χ0n) is 11.7. The molecule has 0 aliphatic carbocycles. The van der Waals surface area contributed by atoms with E-state index >= 15 is 0 Å². The van der Waals surface area contributed by atoms with Crippen molar-refractivity contribution in [3.63, 3.8) is 0 Å². The zero-order chi connectivity index (χ0) is 16.3. The smallest absolute Gasteiger partial charge is 0.340 e. The summed E-state index contributed by atoms with van der Waals surface area (Å²) < 4.78 is 51.2. The molecule has 0 bridgehead atoms. The number of piperazine rings is 1. The number of carbonyl (C=O) groups excluding carboxylic acids is 1. The van der Waals surface area contributed by atoms with Gasteiger partial charge in [0.25, 0.3) is 0 Å². The van der Waals surface area contributed by atoms with E-state index in [-0.39, 0.29) is 44.1 Å². The Kier molecular flexibility index (Phi) is 5.44. The van der Waals surface area contributed by atoms with Gasteiger partial charge in [0, 0.05) is 30.7 Å². The van der Waals surface area contributed by atoms with E-state index in [1.807, 2.05) is 0 Å². The average molecular weight is 383 g/mol. The number of nitrogens with zero attached hydrogens (tertiary/aromatic N) is 2. The molecule has 0 spiro atoms. The van der Waals surface area contributed by atoms with Crippen LogP contribution in [0.4, 0.5) is 17.6 Å². The van der Waals surface area contributed by atoms with Crippen molar-refractivity contribution in [1.82, 2.24) is 9.80 Å². The van der Waals surface area contributed by atoms with E-state index in [1.165, 1.54) is 21.9 Å². The van der Waals surface area contributed by atoms with Crippen LogP contribution in [0.15, 0.2) is 22.7 Å². The molecule has 1 aliphatic rings. The number of halogens is 5. The molecule has 2 rings (SSSR count). The van der Waals surface area contributed by atoms with Crippen LogP contribution >= 0.6 is 15.9 Å². The van der Waals surface area contributed by atoms with Crippen LogP contribution in [0.3, 0.4) is 0 Å². The van der Waals surface area contributed by atoms with Gasteiger partial charge < -0.3 is 4.90 Å². The molecule has 1 aromatic rings. The fourth-order valence-corrected chi connectivity index (χ4v) is 2.77. The SMILES string of the molecule is O=C(Cc1cc(Br)ccc1F)N1CCN(CC(F)(F)F)CC1. The Morgan fingerprint density at radius 3 is 2.41 bits per heavy atom. The van der Waals surface area contributed by atoms with Gasteiger partial charge in [-0.3, -0.25) is 9.69 Å². The number of carbonyl (C=O) groups is 1. The first-order valence-corrected chi connectivity index (χ1v) is 7.55. The van der Waals surface area contributed by atoms with Gasteiger partial charge in [-0.05, 0) is 23.8 Å². The molecule has 1 heterocycles. The molecule has 0 aromatic heterocycles. The second kappa shape index (κ2) is 6.95. The minimum absolute atomic E-state index is 0.0927. The minimum Gasteiger partial charge on any atom is -0.340 e. The van der Waals surface area contributed by atoms with E-state index < -0.39 is 18.5 Å². The third-order valence-electron chi connectivity index (χ3n) is 3.48. The van der Waals surface area contributed by atoms with E-state index in [0.29, 0.717) is 4.47 Å². The first-order valence-electron chi connectivity index (χ1n) is 6.75. The Balaban J connectivity index is 1.89. The lowest BCUT2D eigenvalue weighted by molar-refractivity contribution is -0.151. The van der Waals surface area contributed by atoms with Crippen molar-refractivity contribution in [2.24, 2.45) is 0 Å². The molecular weight excluding hydrogens is 368 g/mol. The van der Waals surface area contributed by atoms with Crippen molar-refractivity contribution >= 4 is 21.8 Å². The second-order valence-corrected chi connectivity index (χ2v) is 6.10. The Hall–Kier alpha value is -1.15. The predicted molar refractivity (Wildman–Crippen MR) is 76.9 cm³/mol. The molecular formula is C14H15BrF4N2O. The molecule has 0 unspecified atom stereocenters. The standard InChI is InChI=1S/C14H15BrF4N2O/c15-11-1-2-12(16)10(7-11)8-13(22)21-5-3-20(4-6-21)9-14(17,18)19/h1-2,7H,3-6,8-9H2. The third kappa shape index (κ3) is 4.95. The zero-order valence-corrected chi connectivity index (χ0v) is 13.3. The first kappa shape index (κ1) is 17.2. The lowest BCUT2D eigenvalue weighted by atomic mass is 10.1. The van der Waals surface area contributed by atoms with Gasteiger partial charge in [0.2, 0.25) is 5.91 Å². The molecule has 22 heavy (non-hydrogen) atoms. The molecule has 8 heteroatoms. The fraction of sp³-hybridized carbons (Fsp3) is 0.500. The van der Waals surface area contributed by atoms with E-state index in [0.717, 1.165) is 0 Å². The molecule has 1 amide bonds. The van der Waals surface area contributed by atoms with Crippen molar-refractivity contribution in [3.05, 3.63) is 34.1 Å². The number of hydrogen-bond donors (Lipinski definition) is 0. The Labute approximate surface area is 134 Å². The summed E-state index contributed by atoms with van der Waals surface area (Å²) in [5.74, 6) is -0.740. The fourth-order valence-electron chi connectivity index (χ4n) is 2.36. The Morgan fingerprint density at radius 2 is 1.82 bits per heavy atom. The van der Waals surface area contributed by atoms with Crippen LogP contribution in [0.1, 0.15) is 5.56 Å². The molecule has 122 valence electrons. The van der Waals surface area contributed by atoms with Crippen LogP contribution in [0.2, 0.25) is 0 Å². The number of rotatable bonds is 3. The predicted octanol–water partition coefficient (Wildman–Crippen LogP) is 2.84. The topological polar surface area (TPSA) is 23.6 Å². The quantitative estimate of drug-likeness (QED) is 0.750. The Morgan fingerprint density at radius 1 is 1.18 bits per heavy atom. The monoisotopic (exact) mass is 382 g/mol. The van der Waals surface area contributed by atoms with Crippen molar-refractivity contribution in [2.45, 2.75) is 12.6 Å². The highest BCUT2D eigenvalue weighted by Crippen LogP contribution is 2.19. The number of benzene rings is 1. The maximum Gasteiger partial charge on any atom is 0.401 e. The van der Waals surface area contributed by atoms with Crippen LogP contribution < -0.4 is 0 Å². The third-order valence-corrected chi connectivity index (χ3v) is 3.97. The maximum atomic E-state index is 13.6. The number of alkyl halides is 3. The summed E-state index contributed by atoms with van der Waals surface area (Å²) in [5, 5.41) is 0. The molecule has 1 aromatic carbocycles. The van der Waals surface area contributed by atoms with Crippen molar-refractivity contribution in [3.8, 4) is 0 Å². The molecule has 0 saturated carbocycles. The highest BCUT2D eigenvalue weighted by molar-refractivity contribution is 9.10. The molecule has 0 radical (unpaired) electrons. The van der Waals surface area contributed by atoms with Gasteiger partial charge in [-0.25, -0.2) is 4.39 Å². The maximum absolute atomic E-state index is 13.6. The highest BCUT2D eigenvalue weighted by atomic mass is 79.9. The lowest BCUT2D eigenvalue weighted by Gasteiger charge is -2.35. The summed E-state index contributed by atoms with van der Waals surface area (Å²) in [6.07, 6.45) is -4.32. The normalized spacial score (nSPS) is 16.9. The Bertz CT molecular complexity index is 542. The average Bonchev–Trinajstić information content (AvgIpc) is 2.42. The van der Waals surface area contributed by atoms with Gasteiger partial charge in [-0.15, -0.1) is 0 Å². The van der Waals surface area contributed by atoms with Crippen LogP contribution in [-0.2, 0) is 11.2 Å². The minimum atomic E-state index is -4.23. The lowest BCUT2D eigenvalue weighted by Crippen LogP contribution is -2.51. The molecule has 0 N–H and O–H groups in total. The summed E-state index contributed by atoms with van der Waals surface area (Å²) in [4.78, 5) is 14.9. The summed E-state index contributed by atoms with van der Waals surface area (Å²) in [6.45, 7) is -0.164. The van der Waals surface area contributed by atoms with E-state index in [2.05, 4.69) is 15.9 Å². The van der Waals surface area contributed by atoms with Gasteiger partial charge in [0.15, 0.2) is 0 Å². The van der Waals surface area contributed by atoms with Crippen LogP contribution in [0, 0.1) is 5.82 Å².